The van der Waals surface area contributed by atoms with Crippen molar-refractivity contribution in [3.8, 4) is 6.07 Å². The van der Waals surface area contributed by atoms with Gasteiger partial charge in [-0.1, -0.05) is 54.6 Å². The third kappa shape index (κ3) is 4.69. The fraction of sp³-hybridized carbons (Fsp3) is 0.190. The zero-order chi connectivity index (χ0) is 21.7. The highest BCUT2D eigenvalue weighted by Crippen LogP contribution is 2.46. The van der Waals surface area contributed by atoms with Gasteiger partial charge in [-0.25, -0.2) is 15.0 Å². The number of hydrogen-bond donors (Lipinski definition) is 0. The number of nitrogens with zero attached hydrogens (tertiary/aromatic N) is 3. The minimum Gasteiger partial charge on any atom is -0.505 e. The van der Waals surface area contributed by atoms with E-state index in [9.17, 15) is 13.2 Å². The van der Waals surface area contributed by atoms with Crippen LogP contribution in [0.15, 0.2) is 71.3 Å². The SMILES string of the molecule is [2H]c1ccc(/C=C/C=C/C2=C([N+]#[C-])C(=C(/C#N)[N+]#[C-])/OC2(C)CC(F)(F)F)cc1. The van der Waals surface area contributed by atoms with Crippen molar-refractivity contribution in [2.24, 2.45) is 0 Å². The van der Waals surface area contributed by atoms with Crippen molar-refractivity contribution in [2.45, 2.75) is 25.1 Å². The molecule has 1 aliphatic heterocycles. The summed E-state index contributed by atoms with van der Waals surface area (Å²) in [5.41, 5.74) is -2.06. The molecule has 1 aromatic rings. The summed E-state index contributed by atoms with van der Waals surface area (Å²) in [5, 5.41) is 9.06. The van der Waals surface area contributed by atoms with E-state index < -0.39 is 29.7 Å². The van der Waals surface area contributed by atoms with E-state index in [4.69, 9.17) is 24.5 Å². The van der Waals surface area contributed by atoms with Gasteiger partial charge in [-0.2, -0.15) is 13.2 Å². The highest BCUT2D eigenvalue weighted by molar-refractivity contribution is 5.57. The number of nitriles is 1. The molecule has 7 heteroatoms. The average molecular weight is 382 g/mol. The predicted octanol–water partition coefficient (Wildman–Crippen LogP) is 5.83. The van der Waals surface area contributed by atoms with E-state index in [1.807, 2.05) is 0 Å². The van der Waals surface area contributed by atoms with Crippen LogP contribution in [-0.2, 0) is 4.74 Å². The minimum absolute atomic E-state index is 0.0534. The quantitative estimate of drug-likeness (QED) is 0.374. The Bertz CT molecular complexity index is 1030. The maximum Gasteiger partial charge on any atom is 0.393 e. The summed E-state index contributed by atoms with van der Waals surface area (Å²) in [6.07, 6.45) is 0.0634. The third-order valence-electron chi connectivity index (χ3n) is 3.86. The Kier molecular flexibility index (Phi) is 5.63. The van der Waals surface area contributed by atoms with Crippen LogP contribution < -0.4 is 0 Å². The Morgan fingerprint density at radius 1 is 1.32 bits per heavy atom. The van der Waals surface area contributed by atoms with Crippen molar-refractivity contribution in [1.29, 1.82) is 5.26 Å². The summed E-state index contributed by atoms with van der Waals surface area (Å²) in [7, 11) is 0. The summed E-state index contributed by atoms with van der Waals surface area (Å²) in [4.78, 5) is 6.19. The monoisotopic (exact) mass is 382 g/mol. The second kappa shape index (κ2) is 8.29. The molecule has 1 aromatic carbocycles. The van der Waals surface area contributed by atoms with Crippen molar-refractivity contribution in [2.75, 3.05) is 0 Å². The normalized spacial score (nSPS) is 21.8. The van der Waals surface area contributed by atoms with Crippen LogP contribution in [0.5, 0.6) is 0 Å². The Morgan fingerprint density at radius 2 is 1.96 bits per heavy atom. The maximum absolute atomic E-state index is 13.1. The number of halogens is 3. The molecule has 0 amide bonds. The van der Waals surface area contributed by atoms with Crippen molar-refractivity contribution in [1.82, 2.24) is 0 Å². The first-order valence-corrected chi connectivity index (χ1v) is 7.95. The van der Waals surface area contributed by atoms with Gasteiger partial charge in [0.05, 0.1) is 27.0 Å². The second-order valence-electron chi connectivity index (χ2n) is 5.95. The lowest BCUT2D eigenvalue weighted by Gasteiger charge is -2.28. The van der Waals surface area contributed by atoms with Gasteiger partial charge < -0.3 is 4.74 Å². The summed E-state index contributed by atoms with van der Waals surface area (Å²) >= 11 is 0. The first kappa shape index (κ1) is 19.0. The van der Waals surface area contributed by atoms with E-state index in [0.717, 1.165) is 5.56 Å². The molecule has 1 aliphatic rings. The van der Waals surface area contributed by atoms with Gasteiger partial charge in [0.25, 0.3) is 5.70 Å². The molecule has 28 heavy (non-hydrogen) atoms. The van der Waals surface area contributed by atoms with Gasteiger partial charge in [0, 0.05) is 5.57 Å². The molecule has 1 heterocycles. The first-order chi connectivity index (χ1) is 13.6. The Labute approximate surface area is 162 Å². The lowest BCUT2D eigenvalue weighted by atomic mass is 9.91. The summed E-state index contributed by atoms with van der Waals surface area (Å²) < 4.78 is 52.1. The van der Waals surface area contributed by atoms with E-state index in [2.05, 4.69) is 9.69 Å². The second-order valence-corrected chi connectivity index (χ2v) is 5.95. The fourth-order valence-electron chi connectivity index (χ4n) is 2.70. The van der Waals surface area contributed by atoms with Gasteiger partial charge in [-0.15, -0.1) is 0 Å². The van der Waals surface area contributed by atoms with E-state index >= 15 is 0 Å². The van der Waals surface area contributed by atoms with Crippen LogP contribution in [-0.4, -0.2) is 11.8 Å². The number of benzene rings is 1. The molecule has 1 atom stereocenters. The van der Waals surface area contributed by atoms with Gasteiger partial charge in [0.2, 0.25) is 5.70 Å². The van der Waals surface area contributed by atoms with Crippen molar-refractivity contribution >= 4 is 6.08 Å². The molecule has 140 valence electrons. The van der Waals surface area contributed by atoms with Crippen molar-refractivity contribution < 1.29 is 19.3 Å². The zero-order valence-corrected chi connectivity index (χ0v) is 14.7. The van der Waals surface area contributed by atoms with Gasteiger partial charge >= 0.3 is 6.18 Å². The molecule has 0 bridgehead atoms. The molecule has 0 spiro atoms. The number of allylic oxidation sites excluding steroid dienone is 3. The lowest BCUT2D eigenvalue weighted by Crippen LogP contribution is -2.33. The minimum atomic E-state index is -4.59. The predicted molar refractivity (Wildman–Crippen MR) is 97.6 cm³/mol. The summed E-state index contributed by atoms with van der Waals surface area (Å²) in [5.74, 6) is -0.432. The Balaban J connectivity index is 2.48. The van der Waals surface area contributed by atoms with Crippen LogP contribution >= 0.6 is 0 Å². The molecule has 1 unspecified atom stereocenters. The standard InChI is InChI=1S/C21H14F3N3O/c1-20(14-21(22,23)24)16(12-8-7-11-15-9-5-4-6-10-15)18(27-3)19(28-20)17(13-25)26-2/h4-12H,14H2,1H3/b11-7+,12-8+,19-17+/i4D. The smallest absolute Gasteiger partial charge is 0.393 e. The van der Waals surface area contributed by atoms with Crippen LogP contribution in [0.2, 0.25) is 0 Å². The van der Waals surface area contributed by atoms with E-state index in [1.165, 1.54) is 19.1 Å². The molecule has 0 saturated heterocycles. The molecule has 2 rings (SSSR count). The molecule has 0 aliphatic carbocycles. The molecular weight excluding hydrogens is 367 g/mol. The molecule has 0 saturated carbocycles. The number of ether oxygens (including phenoxy) is 1. The zero-order valence-electron chi connectivity index (χ0n) is 15.7. The van der Waals surface area contributed by atoms with Gasteiger partial charge in [-0.3, -0.25) is 0 Å². The first-order valence-electron chi connectivity index (χ1n) is 8.45. The molecule has 0 N–H and O–H groups in total. The summed E-state index contributed by atoms with van der Waals surface area (Å²) in [6, 6.07) is 8.52. The van der Waals surface area contributed by atoms with Crippen LogP contribution in [0.25, 0.3) is 15.8 Å². The summed E-state index contributed by atoms with van der Waals surface area (Å²) in [6.45, 7) is 15.5. The van der Waals surface area contributed by atoms with Crippen LogP contribution in [0.3, 0.4) is 0 Å². The molecule has 4 nitrogen and oxygen atoms in total. The van der Waals surface area contributed by atoms with Crippen LogP contribution in [0.1, 0.15) is 20.3 Å². The highest BCUT2D eigenvalue weighted by Gasteiger charge is 2.49. The molecule has 0 aromatic heterocycles. The Hall–Kier alpha value is -3.76. The third-order valence-corrected chi connectivity index (χ3v) is 3.86. The number of rotatable bonds is 4. The molecule has 0 radical (unpaired) electrons. The molecule has 0 fully saturated rings. The van der Waals surface area contributed by atoms with Crippen LogP contribution in [0, 0.1) is 24.5 Å². The van der Waals surface area contributed by atoms with E-state index in [-0.39, 0.29) is 11.3 Å². The fourth-order valence-corrected chi connectivity index (χ4v) is 2.70. The van der Waals surface area contributed by atoms with Crippen molar-refractivity contribution in [3.63, 3.8) is 0 Å². The largest absolute Gasteiger partial charge is 0.505 e. The Morgan fingerprint density at radius 3 is 2.50 bits per heavy atom. The van der Waals surface area contributed by atoms with Crippen LogP contribution in [0.4, 0.5) is 13.2 Å². The van der Waals surface area contributed by atoms with Gasteiger partial charge in [0.15, 0.2) is 0 Å². The average Bonchev–Trinajstić information content (AvgIpc) is 2.91. The van der Waals surface area contributed by atoms with Gasteiger partial charge in [0.1, 0.15) is 11.4 Å². The van der Waals surface area contributed by atoms with E-state index in [1.54, 1.807) is 42.5 Å². The number of alkyl halides is 3. The molecular formula is C21H14F3N3O. The van der Waals surface area contributed by atoms with Gasteiger partial charge in [-0.05, 0) is 12.5 Å². The lowest BCUT2D eigenvalue weighted by molar-refractivity contribution is -0.165. The maximum atomic E-state index is 13.1. The highest BCUT2D eigenvalue weighted by atomic mass is 19.4. The topological polar surface area (TPSA) is 41.7 Å². The van der Waals surface area contributed by atoms with E-state index in [0.29, 0.717) is 6.04 Å². The number of hydrogen-bond acceptors (Lipinski definition) is 2. The van der Waals surface area contributed by atoms with Crippen molar-refractivity contribution in [3.05, 3.63) is 99.7 Å².